The lowest BCUT2D eigenvalue weighted by atomic mass is 9.99. The maximum atomic E-state index is 14.8. The Morgan fingerprint density at radius 1 is 1.03 bits per heavy atom. The number of carboxylic acid groups (broad SMARTS) is 1. The van der Waals surface area contributed by atoms with Crippen LogP contribution in [-0.4, -0.2) is 16.1 Å². The quantitative estimate of drug-likeness (QED) is 0.328. The highest BCUT2D eigenvalue weighted by atomic mass is 19.1. The molecule has 3 N–H and O–H groups in total. The summed E-state index contributed by atoms with van der Waals surface area (Å²) in [5, 5.41) is 19.1. The number of benzene rings is 3. The average Bonchev–Trinajstić information content (AvgIpc) is 2.89. The highest BCUT2D eigenvalue weighted by Gasteiger charge is 2.21. The number of pyridine rings is 1. The molecule has 4 rings (SSSR count). The summed E-state index contributed by atoms with van der Waals surface area (Å²) in [5.74, 6) is -3.83. The number of hydrogen-bond acceptors (Lipinski definition) is 5. The second-order valence-corrected chi connectivity index (χ2v) is 8.01. The van der Waals surface area contributed by atoms with Crippen LogP contribution < -0.4 is 10.5 Å². The number of aromatic nitrogens is 1. The number of carbonyl (C=O) groups is 1. The van der Waals surface area contributed by atoms with Crippen molar-refractivity contribution in [3.05, 3.63) is 101 Å². The van der Waals surface area contributed by atoms with E-state index >= 15 is 0 Å². The van der Waals surface area contributed by atoms with Crippen molar-refractivity contribution in [2.24, 2.45) is 5.73 Å². The molecule has 36 heavy (non-hydrogen) atoms. The third-order valence-corrected chi connectivity index (χ3v) is 5.62. The second kappa shape index (κ2) is 10.3. The lowest BCUT2D eigenvalue weighted by molar-refractivity contribution is 0.0697. The molecule has 1 heterocycles. The Labute approximate surface area is 206 Å². The lowest BCUT2D eigenvalue weighted by Crippen LogP contribution is -2.05. The lowest BCUT2D eigenvalue weighted by Gasteiger charge is -2.13. The predicted molar refractivity (Wildman–Crippen MR) is 130 cm³/mol. The van der Waals surface area contributed by atoms with E-state index in [0.29, 0.717) is 24.6 Å². The molecule has 0 fully saturated rings. The average molecular weight is 485 g/mol. The van der Waals surface area contributed by atoms with E-state index in [9.17, 15) is 23.9 Å². The molecular weight excluding hydrogens is 464 g/mol. The smallest absolute Gasteiger partial charge is 0.336 e. The monoisotopic (exact) mass is 485 g/mol. The molecule has 0 aliphatic rings. The van der Waals surface area contributed by atoms with Crippen molar-refractivity contribution in [1.82, 2.24) is 4.98 Å². The van der Waals surface area contributed by atoms with Crippen LogP contribution in [-0.2, 0) is 13.0 Å². The van der Waals surface area contributed by atoms with Crippen molar-refractivity contribution in [3.8, 4) is 40.1 Å². The van der Waals surface area contributed by atoms with Crippen molar-refractivity contribution < 1.29 is 23.4 Å². The molecule has 180 valence electrons. The molecule has 0 amide bonds. The standard InChI is InChI=1S/C28H21F2N3O3/c1-2-16-6-7-22(23(11-16)28(34)35)26-24(29)13-25(30)27(33-26)36-21-10-18(15-32)9-20(12-21)19-5-3-4-17(8-19)14-31/h3-13H,2,14,31H2,1H3,(H,34,35). The molecule has 0 atom stereocenters. The maximum absolute atomic E-state index is 14.8. The van der Waals surface area contributed by atoms with Gasteiger partial charge < -0.3 is 15.6 Å². The molecule has 0 bridgehead atoms. The van der Waals surface area contributed by atoms with Crippen LogP contribution in [0.15, 0.2) is 66.7 Å². The van der Waals surface area contributed by atoms with E-state index in [2.05, 4.69) is 4.98 Å². The minimum atomic E-state index is -1.26. The van der Waals surface area contributed by atoms with Crippen molar-refractivity contribution in [1.29, 1.82) is 5.26 Å². The first-order chi connectivity index (χ1) is 17.3. The van der Waals surface area contributed by atoms with Crippen LogP contribution in [0, 0.1) is 23.0 Å². The van der Waals surface area contributed by atoms with E-state index in [1.165, 1.54) is 18.2 Å². The number of nitrogens with two attached hydrogens (primary N) is 1. The Morgan fingerprint density at radius 2 is 1.83 bits per heavy atom. The van der Waals surface area contributed by atoms with Gasteiger partial charge in [-0.25, -0.2) is 18.6 Å². The first kappa shape index (κ1) is 24.5. The summed E-state index contributed by atoms with van der Waals surface area (Å²) in [7, 11) is 0. The van der Waals surface area contributed by atoms with Crippen LogP contribution in [0.4, 0.5) is 8.78 Å². The van der Waals surface area contributed by atoms with Crippen molar-refractivity contribution in [2.75, 3.05) is 0 Å². The van der Waals surface area contributed by atoms with Gasteiger partial charge in [0.25, 0.3) is 5.88 Å². The number of carboxylic acids is 1. The molecule has 0 saturated carbocycles. The Balaban J connectivity index is 1.79. The summed E-state index contributed by atoms with van der Waals surface area (Å²) in [6, 6.07) is 19.2. The number of nitriles is 1. The summed E-state index contributed by atoms with van der Waals surface area (Å²) in [6.45, 7) is 2.19. The highest BCUT2D eigenvalue weighted by molar-refractivity contribution is 5.95. The first-order valence-electron chi connectivity index (χ1n) is 11.1. The summed E-state index contributed by atoms with van der Waals surface area (Å²) in [6.07, 6.45) is 0.583. The zero-order chi connectivity index (χ0) is 25.8. The first-order valence-corrected chi connectivity index (χ1v) is 11.1. The van der Waals surface area contributed by atoms with Crippen LogP contribution in [0.3, 0.4) is 0 Å². The molecule has 0 saturated heterocycles. The molecule has 0 unspecified atom stereocenters. The second-order valence-electron chi connectivity index (χ2n) is 8.01. The van der Waals surface area contributed by atoms with Crippen LogP contribution in [0.5, 0.6) is 11.6 Å². The molecular formula is C28H21F2N3O3. The van der Waals surface area contributed by atoms with Gasteiger partial charge in [-0.1, -0.05) is 37.3 Å². The molecule has 0 radical (unpaired) electrons. The summed E-state index contributed by atoms with van der Waals surface area (Å²) in [4.78, 5) is 15.8. The van der Waals surface area contributed by atoms with Crippen LogP contribution >= 0.6 is 0 Å². The molecule has 0 aliphatic heterocycles. The van der Waals surface area contributed by atoms with Gasteiger partial charge in [-0.2, -0.15) is 5.26 Å². The van der Waals surface area contributed by atoms with E-state index < -0.39 is 23.5 Å². The fourth-order valence-electron chi connectivity index (χ4n) is 3.78. The topological polar surface area (TPSA) is 109 Å². The molecule has 6 nitrogen and oxygen atoms in total. The van der Waals surface area contributed by atoms with Crippen LogP contribution in [0.2, 0.25) is 0 Å². The van der Waals surface area contributed by atoms with Crippen LogP contribution in [0.1, 0.15) is 34.0 Å². The number of rotatable bonds is 7. The summed E-state index contributed by atoms with van der Waals surface area (Å²) >= 11 is 0. The largest absolute Gasteiger partial charge is 0.478 e. The number of nitrogens with zero attached hydrogens (tertiary/aromatic N) is 2. The van der Waals surface area contributed by atoms with Gasteiger partial charge in [-0.15, -0.1) is 0 Å². The molecule has 4 aromatic rings. The third kappa shape index (κ3) is 5.06. The Hall–Kier alpha value is -4.61. The zero-order valence-electron chi connectivity index (χ0n) is 19.3. The van der Waals surface area contributed by atoms with Gasteiger partial charge >= 0.3 is 5.97 Å². The van der Waals surface area contributed by atoms with Crippen molar-refractivity contribution >= 4 is 5.97 Å². The third-order valence-electron chi connectivity index (χ3n) is 5.62. The van der Waals surface area contributed by atoms with E-state index in [4.69, 9.17) is 10.5 Å². The van der Waals surface area contributed by atoms with Gasteiger partial charge in [0, 0.05) is 18.2 Å². The Kier molecular flexibility index (Phi) is 7.04. The van der Waals surface area contributed by atoms with E-state index in [0.717, 1.165) is 16.7 Å². The SMILES string of the molecule is CCc1ccc(-c2nc(Oc3cc(C#N)cc(-c4cccc(CN)c4)c3)c(F)cc2F)c(C(=O)O)c1. The summed E-state index contributed by atoms with van der Waals surface area (Å²) in [5.41, 5.74) is 8.49. The predicted octanol–water partition coefficient (Wildman–Crippen LogP) is 6.08. The van der Waals surface area contributed by atoms with Crippen molar-refractivity contribution in [2.45, 2.75) is 19.9 Å². The number of aromatic carboxylic acids is 1. The summed E-state index contributed by atoms with van der Waals surface area (Å²) < 4.78 is 35.1. The molecule has 3 aromatic carbocycles. The fourth-order valence-corrected chi connectivity index (χ4v) is 3.78. The van der Waals surface area contributed by atoms with Crippen LogP contribution in [0.25, 0.3) is 22.4 Å². The molecule has 0 spiro atoms. The maximum Gasteiger partial charge on any atom is 0.336 e. The zero-order valence-corrected chi connectivity index (χ0v) is 19.3. The van der Waals surface area contributed by atoms with Gasteiger partial charge in [0.15, 0.2) is 11.6 Å². The van der Waals surface area contributed by atoms with Gasteiger partial charge in [0.2, 0.25) is 0 Å². The Bertz CT molecular complexity index is 1510. The van der Waals surface area contributed by atoms with Gasteiger partial charge in [0.05, 0.1) is 17.2 Å². The fraction of sp³-hybridized carbons (Fsp3) is 0.107. The number of ether oxygens (including phenoxy) is 1. The molecule has 8 heteroatoms. The Morgan fingerprint density at radius 3 is 2.53 bits per heavy atom. The minimum absolute atomic E-state index is 0.00730. The minimum Gasteiger partial charge on any atom is -0.478 e. The van der Waals surface area contributed by atoms with Gasteiger partial charge in [0.1, 0.15) is 11.4 Å². The molecule has 1 aromatic heterocycles. The van der Waals surface area contributed by atoms with E-state index in [-0.39, 0.29) is 28.1 Å². The van der Waals surface area contributed by atoms with E-state index in [1.807, 2.05) is 37.3 Å². The normalized spacial score (nSPS) is 10.6. The number of aryl methyl sites for hydroxylation is 1. The van der Waals surface area contributed by atoms with Gasteiger partial charge in [-0.05, 0) is 59.0 Å². The highest BCUT2D eigenvalue weighted by Crippen LogP contribution is 2.33. The number of hydrogen-bond donors (Lipinski definition) is 2. The van der Waals surface area contributed by atoms with Gasteiger partial charge in [-0.3, -0.25) is 0 Å². The number of halogens is 2. The molecule has 0 aliphatic carbocycles. The van der Waals surface area contributed by atoms with Crippen molar-refractivity contribution in [3.63, 3.8) is 0 Å². The van der Waals surface area contributed by atoms with E-state index in [1.54, 1.807) is 18.2 Å².